The second-order valence-corrected chi connectivity index (χ2v) is 4.74. The van der Waals surface area contributed by atoms with Crippen molar-refractivity contribution in [3.8, 4) is 17.2 Å². The third-order valence-electron chi connectivity index (χ3n) is 2.99. The zero-order chi connectivity index (χ0) is 12.5. The first-order chi connectivity index (χ1) is 8.08. The van der Waals surface area contributed by atoms with Crippen molar-refractivity contribution in [3.05, 3.63) is 17.7 Å². The first-order valence-corrected chi connectivity index (χ1v) is 5.67. The van der Waals surface area contributed by atoms with Gasteiger partial charge in [-0.1, -0.05) is 13.8 Å². The zero-order valence-corrected chi connectivity index (χ0v) is 10.4. The van der Waals surface area contributed by atoms with Gasteiger partial charge in [0.2, 0.25) is 0 Å². The van der Waals surface area contributed by atoms with Gasteiger partial charge in [0.15, 0.2) is 11.5 Å². The Kier molecular flexibility index (Phi) is 3.15. The fourth-order valence-corrected chi connectivity index (χ4v) is 1.85. The molecule has 0 saturated carbocycles. The van der Waals surface area contributed by atoms with Crippen molar-refractivity contribution in [2.24, 2.45) is 0 Å². The van der Waals surface area contributed by atoms with Crippen molar-refractivity contribution in [2.45, 2.75) is 19.3 Å². The van der Waals surface area contributed by atoms with Crippen LogP contribution in [0.25, 0.3) is 0 Å². The summed E-state index contributed by atoms with van der Waals surface area (Å²) in [5.41, 5.74) is 0.549. The Morgan fingerprint density at radius 2 is 1.82 bits per heavy atom. The van der Waals surface area contributed by atoms with Gasteiger partial charge in [0.1, 0.15) is 19.0 Å². The van der Waals surface area contributed by atoms with Crippen LogP contribution in [0.4, 0.5) is 0 Å². The molecule has 0 bridgehead atoms. The van der Waals surface area contributed by atoms with Crippen LogP contribution < -0.4 is 14.2 Å². The lowest BCUT2D eigenvalue weighted by Crippen LogP contribution is -2.24. The highest BCUT2D eigenvalue weighted by Gasteiger charge is 2.27. The number of benzene rings is 1. The van der Waals surface area contributed by atoms with Gasteiger partial charge in [-0.15, -0.1) is 0 Å². The number of methoxy groups -OCH3 is 1. The van der Waals surface area contributed by atoms with Crippen LogP contribution in [0.1, 0.15) is 19.4 Å². The maximum atomic E-state index is 9.44. The molecule has 94 valence electrons. The molecule has 1 aliphatic rings. The van der Waals surface area contributed by atoms with Gasteiger partial charge in [0.05, 0.1) is 13.7 Å². The smallest absolute Gasteiger partial charge is 0.165 e. The number of fused-ring (bicyclic) bond motifs is 1. The summed E-state index contributed by atoms with van der Waals surface area (Å²) in [6.45, 7) is 5.07. The second kappa shape index (κ2) is 4.45. The summed E-state index contributed by atoms with van der Waals surface area (Å²) in [6.07, 6.45) is 0. The van der Waals surface area contributed by atoms with Gasteiger partial charge in [-0.25, -0.2) is 0 Å². The molecule has 0 saturated heterocycles. The fraction of sp³-hybridized carbons (Fsp3) is 0.538. The lowest BCUT2D eigenvalue weighted by Gasteiger charge is -2.27. The molecule has 0 fully saturated rings. The topological polar surface area (TPSA) is 47.9 Å². The van der Waals surface area contributed by atoms with E-state index in [-0.39, 0.29) is 12.0 Å². The molecule has 1 aliphatic heterocycles. The average Bonchev–Trinajstić information content (AvgIpc) is 2.37. The molecule has 17 heavy (non-hydrogen) atoms. The van der Waals surface area contributed by atoms with Crippen LogP contribution in [-0.2, 0) is 5.41 Å². The number of hydrogen-bond acceptors (Lipinski definition) is 4. The van der Waals surface area contributed by atoms with Crippen molar-refractivity contribution < 1.29 is 19.3 Å². The molecule has 1 aromatic carbocycles. The van der Waals surface area contributed by atoms with Crippen molar-refractivity contribution in [3.63, 3.8) is 0 Å². The number of hydrogen-bond donors (Lipinski definition) is 1. The van der Waals surface area contributed by atoms with E-state index in [1.165, 1.54) is 0 Å². The zero-order valence-electron chi connectivity index (χ0n) is 10.4. The van der Waals surface area contributed by atoms with E-state index in [0.717, 1.165) is 5.56 Å². The minimum Gasteiger partial charge on any atom is -0.496 e. The molecule has 1 aromatic rings. The maximum Gasteiger partial charge on any atom is 0.165 e. The summed E-state index contributed by atoms with van der Waals surface area (Å²) in [5.74, 6) is 2.13. The van der Waals surface area contributed by atoms with Crippen LogP contribution in [0.3, 0.4) is 0 Å². The lowest BCUT2D eigenvalue weighted by molar-refractivity contribution is 0.168. The molecule has 0 aromatic heterocycles. The molecular formula is C13H18O4. The van der Waals surface area contributed by atoms with Gasteiger partial charge in [-0.05, 0) is 6.07 Å². The van der Waals surface area contributed by atoms with E-state index in [9.17, 15) is 5.11 Å². The standard InChI is InChI=1S/C13H18O4/c1-13(2,8-14)9-6-11-12(7-10(9)15-3)17-5-4-16-11/h6-7,14H,4-5,8H2,1-3H3. The van der Waals surface area contributed by atoms with E-state index < -0.39 is 0 Å². The van der Waals surface area contributed by atoms with Crippen LogP contribution in [0.2, 0.25) is 0 Å². The molecule has 0 spiro atoms. The minimum absolute atomic E-state index is 0.0446. The summed E-state index contributed by atoms with van der Waals surface area (Å²) in [6, 6.07) is 3.71. The molecule has 0 unspecified atom stereocenters. The van der Waals surface area contributed by atoms with Gasteiger partial charge in [0, 0.05) is 17.0 Å². The summed E-state index contributed by atoms with van der Waals surface area (Å²) >= 11 is 0. The molecule has 1 heterocycles. The van der Waals surface area contributed by atoms with Crippen LogP contribution in [0.5, 0.6) is 17.2 Å². The second-order valence-electron chi connectivity index (χ2n) is 4.74. The van der Waals surface area contributed by atoms with E-state index >= 15 is 0 Å². The molecule has 0 aliphatic carbocycles. The molecule has 4 nitrogen and oxygen atoms in total. The van der Waals surface area contributed by atoms with Gasteiger partial charge < -0.3 is 19.3 Å². The third-order valence-corrected chi connectivity index (χ3v) is 2.99. The number of aliphatic hydroxyl groups is 1. The lowest BCUT2D eigenvalue weighted by atomic mass is 9.84. The average molecular weight is 238 g/mol. The molecule has 0 amide bonds. The molecule has 0 radical (unpaired) electrons. The predicted octanol–water partition coefficient (Wildman–Crippen LogP) is 1.74. The Hall–Kier alpha value is -1.42. The van der Waals surface area contributed by atoms with Crippen LogP contribution in [-0.4, -0.2) is 32.0 Å². The van der Waals surface area contributed by atoms with Gasteiger partial charge in [-0.3, -0.25) is 0 Å². The first-order valence-electron chi connectivity index (χ1n) is 5.67. The van der Waals surface area contributed by atoms with Crippen molar-refractivity contribution >= 4 is 0 Å². The van der Waals surface area contributed by atoms with Crippen molar-refractivity contribution in [2.75, 3.05) is 26.9 Å². The van der Waals surface area contributed by atoms with E-state index in [1.807, 2.05) is 26.0 Å². The SMILES string of the molecule is COc1cc2c(cc1C(C)(C)CO)OCCO2. The highest BCUT2D eigenvalue weighted by atomic mass is 16.6. The van der Waals surface area contributed by atoms with Crippen LogP contribution in [0.15, 0.2) is 12.1 Å². The summed E-state index contributed by atoms with van der Waals surface area (Å²) in [4.78, 5) is 0. The van der Waals surface area contributed by atoms with Crippen LogP contribution >= 0.6 is 0 Å². The Morgan fingerprint density at radius 1 is 1.24 bits per heavy atom. The summed E-state index contributed by atoms with van der Waals surface area (Å²) < 4.78 is 16.4. The first kappa shape index (κ1) is 12.0. The Morgan fingerprint density at radius 3 is 2.35 bits per heavy atom. The van der Waals surface area contributed by atoms with E-state index in [1.54, 1.807) is 7.11 Å². The Bertz CT molecular complexity index is 412. The van der Waals surface area contributed by atoms with E-state index in [2.05, 4.69) is 0 Å². The van der Waals surface area contributed by atoms with Gasteiger partial charge >= 0.3 is 0 Å². The summed E-state index contributed by atoms with van der Waals surface area (Å²) in [5, 5.41) is 9.44. The molecular weight excluding hydrogens is 220 g/mol. The quantitative estimate of drug-likeness (QED) is 0.871. The third kappa shape index (κ3) is 2.17. The van der Waals surface area contributed by atoms with E-state index in [4.69, 9.17) is 14.2 Å². The van der Waals surface area contributed by atoms with Gasteiger partial charge in [0.25, 0.3) is 0 Å². The monoisotopic (exact) mass is 238 g/mol. The highest BCUT2D eigenvalue weighted by Crippen LogP contribution is 2.41. The number of aliphatic hydroxyl groups excluding tert-OH is 1. The maximum absolute atomic E-state index is 9.44. The van der Waals surface area contributed by atoms with Crippen molar-refractivity contribution in [1.29, 1.82) is 0 Å². The molecule has 0 atom stereocenters. The summed E-state index contributed by atoms with van der Waals surface area (Å²) in [7, 11) is 1.61. The highest BCUT2D eigenvalue weighted by molar-refractivity contribution is 5.53. The largest absolute Gasteiger partial charge is 0.496 e. The normalized spacial score (nSPS) is 14.6. The van der Waals surface area contributed by atoms with Gasteiger partial charge in [-0.2, -0.15) is 0 Å². The molecule has 2 rings (SSSR count). The Labute approximate surface area is 101 Å². The fourth-order valence-electron chi connectivity index (χ4n) is 1.85. The minimum atomic E-state index is -0.374. The number of rotatable bonds is 3. The Balaban J connectivity index is 2.50. The predicted molar refractivity (Wildman–Crippen MR) is 64.1 cm³/mol. The molecule has 1 N–H and O–H groups in total. The van der Waals surface area contributed by atoms with Crippen LogP contribution in [0, 0.1) is 0 Å². The van der Waals surface area contributed by atoms with Crippen molar-refractivity contribution in [1.82, 2.24) is 0 Å². The van der Waals surface area contributed by atoms with E-state index in [0.29, 0.717) is 30.5 Å². The number of ether oxygens (including phenoxy) is 3. The molecule has 4 heteroatoms.